The van der Waals surface area contributed by atoms with E-state index in [-0.39, 0.29) is 11.4 Å². The average Bonchev–Trinajstić information content (AvgIpc) is 3.05. The zero-order valence-electron chi connectivity index (χ0n) is 16.7. The van der Waals surface area contributed by atoms with Gasteiger partial charge in [0.2, 0.25) is 0 Å². The Balaban J connectivity index is 1.59. The number of carbonyl (C=O) groups excluding carboxylic acids is 1. The van der Waals surface area contributed by atoms with Gasteiger partial charge in [-0.25, -0.2) is 0 Å². The van der Waals surface area contributed by atoms with Crippen LogP contribution in [0.15, 0.2) is 40.9 Å². The summed E-state index contributed by atoms with van der Waals surface area (Å²) in [6, 6.07) is 11.8. The van der Waals surface area contributed by atoms with Gasteiger partial charge >= 0.3 is 0 Å². The monoisotopic (exact) mass is 442 g/mol. The number of ether oxygens (including phenoxy) is 1. The van der Waals surface area contributed by atoms with Crippen LogP contribution in [0.3, 0.4) is 0 Å². The van der Waals surface area contributed by atoms with Crippen molar-refractivity contribution in [3.05, 3.63) is 57.6 Å². The standard InChI is InChI=1S/C23H27BrN2O2/c1-4-28-21-9-6-16(12-20(21)24)22(27)25-17-7-8-18-15(2)14-26-11-5-10-23(26,3)19(18)13-17/h6-9,12-13,15H,4-5,10-11,14H2,1-3H3,(H,25,27). The Morgan fingerprint density at radius 2 is 2.14 bits per heavy atom. The van der Waals surface area contributed by atoms with E-state index in [1.165, 1.54) is 24.0 Å². The third kappa shape index (κ3) is 3.35. The molecular formula is C23H27BrN2O2. The molecule has 0 aromatic heterocycles. The minimum atomic E-state index is -0.110. The Hall–Kier alpha value is -1.85. The minimum absolute atomic E-state index is 0.0880. The Labute approximate surface area is 175 Å². The van der Waals surface area contributed by atoms with Crippen molar-refractivity contribution in [3.63, 3.8) is 0 Å². The maximum Gasteiger partial charge on any atom is 0.255 e. The van der Waals surface area contributed by atoms with Gasteiger partial charge < -0.3 is 10.1 Å². The Bertz CT molecular complexity index is 913. The number of carbonyl (C=O) groups is 1. The summed E-state index contributed by atoms with van der Waals surface area (Å²) in [6.07, 6.45) is 2.41. The van der Waals surface area contributed by atoms with Crippen molar-refractivity contribution < 1.29 is 9.53 Å². The van der Waals surface area contributed by atoms with Crippen LogP contribution in [0.2, 0.25) is 0 Å². The van der Waals surface area contributed by atoms with E-state index in [9.17, 15) is 4.79 Å². The first-order valence-electron chi connectivity index (χ1n) is 10.1. The van der Waals surface area contributed by atoms with E-state index in [4.69, 9.17) is 4.74 Å². The fraction of sp³-hybridized carbons (Fsp3) is 0.435. The maximum absolute atomic E-state index is 12.8. The molecule has 0 aliphatic carbocycles. The second-order valence-corrected chi connectivity index (χ2v) is 8.91. The topological polar surface area (TPSA) is 41.6 Å². The molecule has 0 radical (unpaired) electrons. The normalized spacial score (nSPS) is 23.8. The first kappa shape index (κ1) is 19.5. The highest BCUT2D eigenvalue weighted by Crippen LogP contribution is 2.47. The first-order chi connectivity index (χ1) is 13.4. The molecule has 148 valence electrons. The van der Waals surface area contributed by atoms with Gasteiger partial charge in [-0.05, 0) is 96.5 Å². The van der Waals surface area contributed by atoms with Crippen LogP contribution in [-0.2, 0) is 5.54 Å². The van der Waals surface area contributed by atoms with Gasteiger partial charge in [-0.1, -0.05) is 13.0 Å². The van der Waals surface area contributed by atoms with Crippen molar-refractivity contribution in [2.45, 2.75) is 45.1 Å². The van der Waals surface area contributed by atoms with Crippen LogP contribution in [-0.4, -0.2) is 30.5 Å². The summed E-state index contributed by atoms with van der Waals surface area (Å²) in [4.78, 5) is 15.4. The van der Waals surface area contributed by atoms with Gasteiger partial charge in [0.05, 0.1) is 11.1 Å². The molecule has 0 saturated carbocycles. The number of benzene rings is 2. The molecule has 2 aliphatic rings. The molecule has 4 nitrogen and oxygen atoms in total. The molecule has 1 saturated heterocycles. The molecule has 2 aromatic rings. The number of hydrogen-bond acceptors (Lipinski definition) is 3. The lowest BCUT2D eigenvalue weighted by atomic mass is 9.78. The van der Waals surface area contributed by atoms with Crippen LogP contribution >= 0.6 is 15.9 Å². The predicted molar refractivity (Wildman–Crippen MR) is 116 cm³/mol. The summed E-state index contributed by atoms with van der Waals surface area (Å²) in [5.41, 5.74) is 4.34. The second kappa shape index (κ2) is 7.53. The first-order valence-corrected chi connectivity index (χ1v) is 10.8. The smallest absolute Gasteiger partial charge is 0.255 e. The largest absolute Gasteiger partial charge is 0.493 e. The highest BCUT2D eigenvalue weighted by atomic mass is 79.9. The number of hydrogen-bond donors (Lipinski definition) is 1. The van der Waals surface area contributed by atoms with Crippen LogP contribution < -0.4 is 10.1 Å². The lowest BCUT2D eigenvalue weighted by Crippen LogP contribution is -2.45. The van der Waals surface area contributed by atoms with E-state index in [2.05, 4.69) is 52.1 Å². The third-order valence-electron chi connectivity index (χ3n) is 6.20. The van der Waals surface area contributed by atoms with Crippen molar-refractivity contribution in [2.75, 3.05) is 25.0 Å². The second-order valence-electron chi connectivity index (χ2n) is 8.06. The van der Waals surface area contributed by atoms with E-state index >= 15 is 0 Å². The lowest BCUT2D eigenvalue weighted by molar-refractivity contribution is 0.102. The molecule has 28 heavy (non-hydrogen) atoms. The number of halogens is 1. The van der Waals surface area contributed by atoms with Crippen molar-refractivity contribution in [1.82, 2.24) is 4.90 Å². The zero-order valence-corrected chi connectivity index (χ0v) is 18.3. The van der Waals surface area contributed by atoms with E-state index in [1.807, 2.05) is 19.1 Å². The van der Waals surface area contributed by atoms with Gasteiger partial charge in [-0.3, -0.25) is 9.69 Å². The fourth-order valence-corrected chi connectivity index (χ4v) is 5.19. The van der Waals surface area contributed by atoms with E-state index < -0.39 is 0 Å². The molecule has 2 aromatic carbocycles. The minimum Gasteiger partial charge on any atom is -0.493 e. The van der Waals surface area contributed by atoms with Crippen LogP contribution in [0, 0.1) is 0 Å². The van der Waals surface area contributed by atoms with Crippen LogP contribution in [0.5, 0.6) is 5.75 Å². The van der Waals surface area contributed by atoms with Crippen molar-refractivity contribution >= 4 is 27.5 Å². The average molecular weight is 443 g/mol. The summed E-state index contributed by atoms with van der Waals surface area (Å²) < 4.78 is 6.32. The number of anilines is 1. The molecule has 2 heterocycles. The number of amides is 1. The highest BCUT2D eigenvalue weighted by Gasteiger charge is 2.43. The molecule has 2 unspecified atom stereocenters. The zero-order chi connectivity index (χ0) is 19.9. The molecule has 5 heteroatoms. The van der Waals surface area contributed by atoms with Gasteiger partial charge in [0.15, 0.2) is 0 Å². The third-order valence-corrected chi connectivity index (χ3v) is 6.82. The van der Waals surface area contributed by atoms with E-state index in [0.29, 0.717) is 18.1 Å². The molecule has 1 N–H and O–H groups in total. The summed E-state index contributed by atoms with van der Waals surface area (Å²) in [7, 11) is 0. The van der Waals surface area contributed by atoms with Gasteiger partial charge in [0.25, 0.3) is 5.91 Å². The number of fused-ring (bicyclic) bond motifs is 3. The lowest BCUT2D eigenvalue weighted by Gasteiger charge is -2.44. The highest BCUT2D eigenvalue weighted by molar-refractivity contribution is 9.10. The van der Waals surface area contributed by atoms with Crippen molar-refractivity contribution in [2.24, 2.45) is 0 Å². The SMILES string of the molecule is CCOc1ccc(C(=O)Nc2ccc3c(c2)C2(C)CCCN2CC3C)cc1Br. The molecule has 1 amide bonds. The maximum atomic E-state index is 12.8. The number of nitrogens with one attached hydrogen (secondary N) is 1. The van der Waals surface area contributed by atoms with Crippen LogP contribution in [0.4, 0.5) is 5.69 Å². The van der Waals surface area contributed by atoms with Crippen LogP contribution in [0.25, 0.3) is 0 Å². The molecule has 4 rings (SSSR count). The van der Waals surface area contributed by atoms with Gasteiger partial charge in [0.1, 0.15) is 5.75 Å². The Morgan fingerprint density at radius 3 is 2.89 bits per heavy atom. The summed E-state index contributed by atoms with van der Waals surface area (Å²) in [5.74, 6) is 1.16. The summed E-state index contributed by atoms with van der Waals surface area (Å²) >= 11 is 3.48. The Morgan fingerprint density at radius 1 is 1.32 bits per heavy atom. The Kier molecular flexibility index (Phi) is 5.23. The quantitative estimate of drug-likeness (QED) is 0.676. The van der Waals surface area contributed by atoms with Gasteiger partial charge in [0, 0.05) is 23.3 Å². The van der Waals surface area contributed by atoms with Crippen molar-refractivity contribution in [1.29, 1.82) is 0 Å². The number of nitrogens with zero attached hydrogens (tertiary/aromatic N) is 1. The molecule has 0 bridgehead atoms. The molecule has 2 atom stereocenters. The summed E-state index contributed by atoms with van der Waals surface area (Å²) in [6.45, 7) is 9.46. The van der Waals surface area contributed by atoms with Crippen molar-refractivity contribution in [3.8, 4) is 5.75 Å². The van der Waals surface area contributed by atoms with E-state index in [0.717, 1.165) is 29.0 Å². The van der Waals surface area contributed by atoms with Gasteiger partial charge in [-0.15, -0.1) is 0 Å². The molecular weight excluding hydrogens is 416 g/mol. The van der Waals surface area contributed by atoms with Gasteiger partial charge in [-0.2, -0.15) is 0 Å². The van der Waals surface area contributed by atoms with E-state index in [1.54, 1.807) is 12.1 Å². The number of rotatable bonds is 4. The predicted octanol–water partition coefficient (Wildman–Crippen LogP) is 5.53. The fourth-order valence-electron chi connectivity index (χ4n) is 4.69. The molecule has 2 aliphatic heterocycles. The molecule has 1 fully saturated rings. The molecule has 0 spiro atoms. The summed E-state index contributed by atoms with van der Waals surface area (Å²) in [5, 5.41) is 3.08. The van der Waals surface area contributed by atoms with Crippen LogP contribution in [0.1, 0.15) is 61.0 Å².